The van der Waals surface area contributed by atoms with Crippen molar-refractivity contribution in [3.63, 3.8) is 0 Å². The number of carbonyl (C=O) groups is 3. The van der Waals surface area contributed by atoms with Crippen LogP contribution >= 0.6 is 11.9 Å². The number of hydrogen-bond acceptors (Lipinski definition) is 7. The molecule has 9 nitrogen and oxygen atoms in total. The molecular weight excluding hydrogens is 578 g/mol. The monoisotopic (exact) mass is 609 g/mol. The Bertz CT molecular complexity index is 1420. The second-order valence-corrected chi connectivity index (χ2v) is 11.8. The number of nitrogens with one attached hydrogen (secondary N) is 1. The van der Waals surface area contributed by atoms with E-state index in [9.17, 15) is 31.9 Å². The smallest absolute Gasteiger partial charge is 0.417 e. The van der Waals surface area contributed by atoms with Gasteiger partial charge in [0.25, 0.3) is 5.91 Å². The number of nitrogens with zero attached hydrogens (tertiary/aromatic N) is 3. The number of alkyl halides is 3. The first-order valence-electron chi connectivity index (χ1n) is 13.1. The van der Waals surface area contributed by atoms with Gasteiger partial charge in [0.2, 0.25) is 5.91 Å². The van der Waals surface area contributed by atoms with Crippen molar-refractivity contribution in [1.82, 2.24) is 14.8 Å². The summed E-state index contributed by atoms with van der Waals surface area (Å²) in [6, 6.07) is 4.99. The first kappa shape index (κ1) is 31.3. The Morgan fingerprint density at radius 3 is 2.29 bits per heavy atom. The Kier molecular flexibility index (Phi) is 9.16. The largest absolute Gasteiger partial charge is 0.443 e. The molecule has 0 unspecified atom stereocenters. The highest BCUT2D eigenvalue weighted by Crippen LogP contribution is 2.33. The molecule has 0 saturated carbocycles. The summed E-state index contributed by atoms with van der Waals surface area (Å²) in [6.45, 7) is 5.61. The van der Waals surface area contributed by atoms with Crippen molar-refractivity contribution in [3.8, 4) is 0 Å². The first-order chi connectivity index (χ1) is 19.7. The minimum Gasteiger partial charge on any atom is -0.443 e. The molecular formula is C28H31F4N5O4S. The second kappa shape index (κ2) is 12.3. The maximum Gasteiger partial charge on any atom is 0.417 e. The van der Waals surface area contributed by atoms with Gasteiger partial charge in [0.05, 0.1) is 16.8 Å². The number of amides is 3. The normalized spacial score (nSPS) is 15.8. The van der Waals surface area contributed by atoms with E-state index in [1.807, 2.05) is 0 Å². The average molecular weight is 610 g/mol. The topological polar surface area (TPSA) is 118 Å². The van der Waals surface area contributed by atoms with Gasteiger partial charge >= 0.3 is 12.3 Å². The van der Waals surface area contributed by atoms with Gasteiger partial charge in [0.1, 0.15) is 18.1 Å². The number of rotatable bonds is 5. The van der Waals surface area contributed by atoms with Gasteiger partial charge in [-0.1, -0.05) is 20.8 Å². The fourth-order valence-corrected chi connectivity index (χ4v) is 4.86. The van der Waals surface area contributed by atoms with Crippen molar-refractivity contribution in [1.29, 1.82) is 0 Å². The Morgan fingerprint density at radius 1 is 1.05 bits per heavy atom. The lowest BCUT2D eigenvalue weighted by Gasteiger charge is -2.37. The molecule has 2 aliphatic heterocycles. The van der Waals surface area contributed by atoms with E-state index in [1.54, 1.807) is 31.7 Å². The van der Waals surface area contributed by atoms with Crippen molar-refractivity contribution in [2.24, 2.45) is 10.6 Å². The molecule has 0 aliphatic carbocycles. The van der Waals surface area contributed by atoms with Crippen LogP contribution in [0.1, 0.15) is 55.2 Å². The SMILES string of the molecule is CC(C)(C)C(=O)Nc1cc(C(F)(F)F)cnc1COC(=O)N1CCC2=C(CCN(C(=O)c3ccc(SN)cc3F)C2)C1. The summed E-state index contributed by atoms with van der Waals surface area (Å²) >= 11 is 0.888. The van der Waals surface area contributed by atoms with Crippen LogP contribution in [0.3, 0.4) is 0 Å². The zero-order chi connectivity index (χ0) is 30.8. The predicted octanol–water partition coefficient (Wildman–Crippen LogP) is 5.37. The van der Waals surface area contributed by atoms with E-state index >= 15 is 0 Å². The number of ether oxygens (including phenoxy) is 1. The molecule has 4 rings (SSSR count). The molecule has 1 aromatic carbocycles. The number of aromatic nitrogens is 1. The van der Waals surface area contributed by atoms with Crippen LogP contribution in [0.25, 0.3) is 0 Å². The minimum atomic E-state index is -4.68. The molecule has 3 amide bonds. The van der Waals surface area contributed by atoms with Crippen molar-refractivity contribution in [2.45, 2.75) is 51.3 Å². The zero-order valence-electron chi connectivity index (χ0n) is 23.3. The molecule has 1 aromatic heterocycles. The number of halogens is 4. The fourth-order valence-electron chi connectivity index (χ4n) is 4.54. The van der Waals surface area contributed by atoms with Crippen LogP contribution in [0.5, 0.6) is 0 Å². The average Bonchev–Trinajstić information content (AvgIpc) is 2.94. The van der Waals surface area contributed by atoms with Gasteiger partial charge in [-0.25, -0.2) is 9.18 Å². The van der Waals surface area contributed by atoms with E-state index in [4.69, 9.17) is 9.88 Å². The highest BCUT2D eigenvalue weighted by Gasteiger charge is 2.34. The van der Waals surface area contributed by atoms with Gasteiger partial charge in [0.15, 0.2) is 0 Å². The molecule has 3 N–H and O–H groups in total. The van der Waals surface area contributed by atoms with Crippen molar-refractivity contribution in [3.05, 3.63) is 64.2 Å². The third-order valence-corrected chi connectivity index (χ3v) is 7.57. The second-order valence-electron chi connectivity index (χ2n) is 11.1. The van der Waals surface area contributed by atoms with Gasteiger partial charge in [-0.2, -0.15) is 13.2 Å². The van der Waals surface area contributed by atoms with Gasteiger partial charge in [0, 0.05) is 42.7 Å². The number of carbonyl (C=O) groups excluding carboxylic acids is 3. The number of anilines is 1. The van der Waals surface area contributed by atoms with Crippen LogP contribution in [0.2, 0.25) is 0 Å². The molecule has 0 radical (unpaired) electrons. The van der Waals surface area contributed by atoms with Gasteiger partial charge in [-0.3, -0.25) is 19.7 Å². The van der Waals surface area contributed by atoms with Crippen LogP contribution < -0.4 is 10.5 Å². The maximum absolute atomic E-state index is 14.5. The summed E-state index contributed by atoms with van der Waals surface area (Å²) in [5, 5.41) is 7.92. The summed E-state index contributed by atoms with van der Waals surface area (Å²) < 4.78 is 59.7. The van der Waals surface area contributed by atoms with E-state index in [2.05, 4.69) is 10.3 Å². The van der Waals surface area contributed by atoms with Gasteiger partial charge in [-0.05, 0) is 60.2 Å². The minimum absolute atomic E-state index is 0.0250. The quantitative estimate of drug-likeness (QED) is 0.266. The molecule has 42 heavy (non-hydrogen) atoms. The summed E-state index contributed by atoms with van der Waals surface area (Å²) in [5.41, 5.74) is -0.212. The summed E-state index contributed by atoms with van der Waals surface area (Å²) in [4.78, 5) is 45.7. The van der Waals surface area contributed by atoms with Crippen molar-refractivity contribution in [2.75, 3.05) is 31.5 Å². The molecule has 3 heterocycles. The summed E-state index contributed by atoms with van der Waals surface area (Å²) in [5.74, 6) is -1.59. The van der Waals surface area contributed by atoms with Gasteiger partial charge < -0.3 is 19.9 Å². The number of benzene rings is 1. The third-order valence-electron chi connectivity index (χ3n) is 7.04. The number of hydrogen-bond donors (Lipinski definition) is 2. The van der Waals surface area contributed by atoms with Crippen molar-refractivity contribution >= 4 is 35.5 Å². The Labute approximate surface area is 244 Å². The molecule has 0 spiro atoms. The summed E-state index contributed by atoms with van der Waals surface area (Å²) in [6.07, 6.45) is -3.77. The molecule has 0 bridgehead atoms. The maximum atomic E-state index is 14.5. The summed E-state index contributed by atoms with van der Waals surface area (Å²) in [7, 11) is 0. The third kappa shape index (κ3) is 7.21. The lowest BCUT2D eigenvalue weighted by molar-refractivity contribution is -0.137. The van der Waals surface area contributed by atoms with Crippen molar-refractivity contribution < 1.29 is 36.7 Å². The highest BCUT2D eigenvalue weighted by molar-refractivity contribution is 7.97. The van der Waals surface area contributed by atoms with Crippen LogP contribution in [0.15, 0.2) is 46.5 Å². The lowest BCUT2D eigenvalue weighted by Crippen LogP contribution is -2.44. The van der Waals surface area contributed by atoms with Crippen LogP contribution in [0, 0.1) is 11.2 Å². The van der Waals surface area contributed by atoms with E-state index in [-0.39, 0.29) is 23.5 Å². The Hall–Kier alpha value is -3.65. The lowest BCUT2D eigenvalue weighted by atomic mass is 9.93. The van der Waals surface area contributed by atoms with Gasteiger partial charge in [-0.15, -0.1) is 0 Å². The van der Waals surface area contributed by atoms with E-state index in [0.29, 0.717) is 43.6 Å². The standard InChI is InChI=1S/C28H31F4N5O4S/c1-27(2,3)25(39)35-22-10-18(28(30,31)32)12-34-23(22)15-41-26(40)37-9-7-16-13-36(8-6-17(16)14-37)24(38)20-5-4-19(42-33)11-21(20)29/h4-5,10-12H,6-9,13-15,33H2,1-3H3,(H,35,39). The molecule has 226 valence electrons. The first-order valence-corrected chi connectivity index (χ1v) is 14.0. The van der Waals surface area contributed by atoms with E-state index in [1.165, 1.54) is 17.0 Å². The zero-order valence-corrected chi connectivity index (χ0v) is 24.1. The van der Waals surface area contributed by atoms with E-state index in [0.717, 1.165) is 29.2 Å². The molecule has 14 heteroatoms. The Morgan fingerprint density at radius 2 is 1.69 bits per heavy atom. The molecule has 2 aromatic rings. The van der Waals surface area contributed by atoms with Crippen LogP contribution in [-0.2, 0) is 22.3 Å². The van der Waals surface area contributed by atoms with Crippen LogP contribution in [0.4, 0.5) is 28.0 Å². The van der Waals surface area contributed by atoms with E-state index < -0.39 is 47.5 Å². The predicted molar refractivity (Wildman–Crippen MR) is 148 cm³/mol. The molecule has 0 fully saturated rings. The number of pyridine rings is 1. The fraction of sp³-hybridized carbons (Fsp3) is 0.429. The Balaban J connectivity index is 1.40. The van der Waals surface area contributed by atoms with Crippen LogP contribution in [-0.4, -0.2) is 58.9 Å². The molecule has 0 atom stereocenters. The molecule has 0 saturated heterocycles. The highest BCUT2D eigenvalue weighted by atomic mass is 32.2. The number of nitrogens with two attached hydrogens (primary N) is 1. The molecule has 2 aliphatic rings.